The summed E-state index contributed by atoms with van der Waals surface area (Å²) in [5.74, 6) is 0.884. The number of hydrogen-bond donors (Lipinski definition) is 1. The zero-order valence-corrected chi connectivity index (χ0v) is 9.20. The Balaban J connectivity index is 1.89. The van der Waals surface area contributed by atoms with E-state index in [1.54, 1.807) is 11.1 Å². The van der Waals surface area contributed by atoms with E-state index in [9.17, 15) is 4.79 Å². The van der Waals surface area contributed by atoms with E-state index in [0.717, 1.165) is 49.4 Å². The van der Waals surface area contributed by atoms with Crippen LogP contribution >= 0.6 is 0 Å². The minimum absolute atomic E-state index is 0.729. The van der Waals surface area contributed by atoms with Crippen LogP contribution in [0.2, 0.25) is 0 Å². The van der Waals surface area contributed by atoms with Crippen LogP contribution in [0.4, 0.5) is 5.82 Å². The Bertz CT molecular complexity index is 530. The molecule has 0 aromatic carbocycles. The van der Waals surface area contributed by atoms with Crippen LogP contribution in [-0.2, 0) is 4.79 Å². The number of H-pyrrole nitrogens is 1. The Kier molecular flexibility index (Phi) is 2.36. The van der Waals surface area contributed by atoms with Gasteiger partial charge < -0.3 is 9.80 Å². The van der Waals surface area contributed by atoms with Gasteiger partial charge in [-0.2, -0.15) is 5.10 Å². The van der Waals surface area contributed by atoms with E-state index in [1.807, 2.05) is 0 Å². The number of aromatic nitrogens is 4. The molecule has 0 bridgehead atoms. The molecule has 2 aromatic heterocycles. The maximum Gasteiger partial charge on any atom is 0.209 e. The van der Waals surface area contributed by atoms with Crippen molar-refractivity contribution >= 4 is 23.3 Å². The summed E-state index contributed by atoms with van der Waals surface area (Å²) in [5.41, 5.74) is 0.743. The molecule has 17 heavy (non-hydrogen) atoms. The first-order valence-corrected chi connectivity index (χ1v) is 5.47. The molecule has 7 nitrogen and oxygen atoms in total. The minimum atomic E-state index is 0.729. The maximum atomic E-state index is 10.6. The van der Waals surface area contributed by atoms with Crippen molar-refractivity contribution in [1.29, 1.82) is 0 Å². The Morgan fingerprint density at radius 3 is 2.82 bits per heavy atom. The van der Waals surface area contributed by atoms with E-state index in [4.69, 9.17) is 0 Å². The predicted molar refractivity (Wildman–Crippen MR) is 61.5 cm³/mol. The molecular weight excluding hydrogens is 220 g/mol. The van der Waals surface area contributed by atoms with E-state index in [-0.39, 0.29) is 0 Å². The Morgan fingerprint density at radius 1 is 1.24 bits per heavy atom. The third-order valence-corrected chi connectivity index (χ3v) is 2.99. The van der Waals surface area contributed by atoms with E-state index in [2.05, 4.69) is 25.1 Å². The highest BCUT2D eigenvalue weighted by Crippen LogP contribution is 2.21. The lowest BCUT2D eigenvalue weighted by atomic mass is 10.3. The normalized spacial score (nSPS) is 16.5. The number of nitrogens with one attached hydrogen (secondary N) is 1. The number of piperazine rings is 1. The lowest BCUT2D eigenvalue weighted by Crippen LogP contribution is -2.46. The fourth-order valence-corrected chi connectivity index (χ4v) is 2.04. The Hall–Kier alpha value is -2.18. The third kappa shape index (κ3) is 1.69. The molecule has 1 N–H and O–H groups in total. The Labute approximate surface area is 97.4 Å². The number of fused-ring (bicyclic) bond motifs is 1. The number of nitrogens with zero attached hydrogens (tertiary/aromatic N) is 5. The van der Waals surface area contributed by atoms with Crippen molar-refractivity contribution in [2.24, 2.45) is 0 Å². The van der Waals surface area contributed by atoms with Crippen molar-refractivity contribution < 1.29 is 4.79 Å². The van der Waals surface area contributed by atoms with E-state index >= 15 is 0 Å². The minimum Gasteiger partial charge on any atom is -0.352 e. The first kappa shape index (κ1) is 10.0. The van der Waals surface area contributed by atoms with Crippen LogP contribution < -0.4 is 4.90 Å². The summed E-state index contributed by atoms with van der Waals surface area (Å²) in [6, 6.07) is 0. The molecular formula is C10H12N6O. The first-order chi connectivity index (χ1) is 8.38. The first-order valence-electron chi connectivity index (χ1n) is 5.47. The van der Waals surface area contributed by atoms with Crippen LogP contribution in [0.25, 0.3) is 11.0 Å². The number of rotatable bonds is 2. The van der Waals surface area contributed by atoms with Gasteiger partial charge in [0.2, 0.25) is 6.41 Å². The highest BCUT2D eigenvalue weighted by molar-refractivity contribution is 5.86. The predicted octanol–water partition coefficient (Wildman–Crippen LogP) is -0.369. The fourth-order valence-electron chi connectivity index (χ4n) is 2.04. The summed E-state index contributed by atoms with van der Waals surface area (Å²) in [6.07, 6.45) is 4.16. The molecule has 1 fully saturated rings. The van der Waals surface area contributed by atoms with Gasteiger partial charge in [0.1, 0.15) is 12.1 Å². The van der Waals surface area contributed by atoms with Crippen molar-refractivity contribution in [3.63, 3.8) is 0 Å². The summed E-state index contributed by atoms with van der Waals surface area (Å²) in [5, 5.41) is 7.71. The van der Waals surface area contributed by atoms with Crippen LogP contribution in [-0.4, -0.2) is 57.7 Å². The quantitative estimate of drug-likeness (QED) is 0.715. The van der Waals surface area contributed by atoms with E-state index < -0.39 is 0 Å². The molecule has 7 heteroatoms. The van der Waals surface area contributed by atoms with E-state index in [0.29, 0.717) is 0 Å². The summed E-state index contributed by atoms with van der Waals surface area (Å²) < 4.78 is 0. The average molecular weight is 232 g/mol. The van der Waals surface area contributed by atoms with Gasteiger partial charge in [-0.1, -0.05) is 0 Å². The highest BCUT2D eigenvalue weighted by Gasteiger charge is 2.19. The van der Waals surface area contributed by atoms with Crippen molar-refractivity contribution in [2.45, 2.75) is 0 Å². The molecule has 1 saturated heterocycles. The van der Waals surface area contributed by atoms with Gasteiger partial charge in [0, 0.05) is 26.2 Å². The largest absolute Gasteiger partial charge is 0.352 e. The van der Waals surface area contributed by atoms with Crippen molar-refractivity contribution in [3.05, 3.63) is 12.5 Å². The van der Waals surface area contributed by atoms with Crippen LogP contribution in [0, 0.1) is 0 Å². The summed E-state index contributed by atoms with van der Waals surface area (Å²) in [6.45, 7) is 3.03. The van der Waals surface area contributed by atoms with Crippen LogP contribution in [0.1, 0.15) is 0 Å². The average Bonchev–Trinajstić information content (AvgIpc) is 2.87. The van der Waals surface area contributed by atoms with Gasteiger partial charge in [-0.25, -0.2) is 9.97 Å². The van der Waals surface area contributed by atoms with Gasteiger partial charge in [0.05, 0.1) is 11.6 Å². The molecule has 3 heterocycles. The fraction of sp³-hybridized carbons (Fsp3) is 0.400. The maximum absolute atomic E-state index is 10.6. The molecule has 0 radical (unpaired) electrons. The number of anilines is 1. The third-order valence-electron chi connectivity index (χ3n) is 2.99. The molecule has 1 aliphatic rings. The SMILES string of the molecule is O=CN1CCN(c2ncnc3[nH]ncc23)CC1. The van der Waals surface area contributed by atoms with Crippen LogP contribution in [0.15, 0.2) is 12.5 Å². The van der Waals surface area contributed by atoms with Crippen LogP contribution in [0.5, 0.6) is 0 Å². The van der Waals surface area contributed by atoms with Gasteiger partial charge in [0.25, 0.3) is 0 Å². The van der Waals surface area contributed by atoms with Gasteiger partial charge in [0.15, 0.2) is 5.65 Å². The standard InChI is InChI=1S/C10H12N6O/c17-7-15-1-3-16(4-2-15)10-8-5-13-14-9(8)11-6-12-10/h5-7H,1-4H2,(H,11,12,13,14). The monoisotopic (exact) mass is 232 g/mol. The smallest absolute Gasteiger partial charge is 0.209 e. The molecule has 1 aliphatic heterocycles. The van der Waals surface area contributed by atoms with Gasteiger partial charge in [-0.3, -0.25) is 9.89 Å². The number of amides is 1. The number of carbonyl (C=O) groups is 1. The molecule has 3 rings (SSSR count). The van der Waals surface area contributed by atoms with Crippen molar-refractivity contribution in [1.82, 2.24) is 25.1 Å². The second-order valence-electron chi connectivity index (χ2n) is 3.96. The van der Waals surface area contributed by atoms with Crippen LogP contribution in [0.3, 0.4) is 0 Å². The molecule has 88 valence electrons. The summed E-state index contributed by atoms with van der Waals surface area (Å²) in [7, 11) is 0. The lowest BCUT2D eigenvalue weighted by Gasteiger charge is -2.33. The van der Waals surface area contributed by atoms with Gasteiger partial charge in [-0.05, 0) is 0 Å². The Morgan fingerprint density at radius 2 is 2.06 bits per heavy atom. The number of hydrogen-bond acceptors (Lipinski definition) is 5. The van der Waals surface area contributed by atoms with E-state index in [1.165, 1.54) is 6.33 Å². The van der Waals surface area contributed by atoms with Crippen molar-refractivity contribution in [2.75, 3.05) is 31.1 Å². The summed E-state index contributed by atoms with van der Waals surface area (Å²) >= 11 is 0. The second kappa shape index (κ2) is 4.00. The molecule has 0 unspecified atom stereocenters. The summed E-state index contributed by atoms with van der Waals surface area (Å²) in [4.78, 5) is 23.0. The molecule has 0 saturated carbocycles. The molecule has 2 aromatic rings. The molecule has 0 spiro atoms. The number of carbonyl (C=O) groups excluding carboxylic acids is 1. The van der Waals surface area contributed by atoms with Gasteiger partial charge in [-0.15, -0.1) is 0 Å². The zero-order valence-electron chi connectivity index (χ0n) is 9.20. The van der Waals surface area contributed by atoms with Crippen molar-refractivity contribution in [3.8, 4) is 0 Å². The molecule has 1 amide bonds. The number of aromatic amines is 1. The molecule has 0 atom stereocenters. The topological polar surface area (TPSA) is 78.0 Å². The highest BCUT2D eigenvalue weighted by atomic mass is 16.1. The van der Waals surface area contributed by atoms with Gasteiger partial charge >= 0.3 is 0 Å². The second-order valence-corrected chi connectivity index (χ2v) is 3.96. The lowest BCUT2D eigenvalue weighted by molar-refractivity contribution is -0.118. The molecule has 0 aliphatic carbocycles. The zero-order chi connectivity index (χ0) is 11.7.